The normalized spacial score (nSPS) is 14.0. The number of hydrogen-bond donors (Lipinski definition) is 2. The van der Waals surface area contributed by atoms with Crippen LogP contribution in [0.25, 0.3) is 11.0 Å². The van der Waals surface area contributed by atoms with E-state index in [2.05, 4.69) is 9.55 Å². The van der Waals surface area contributed by atoms with E-state index in [1.54, 1.807) is 17.2 Å². The number of aromatic nitrogens is 2. The minimum absolute atomic E-state index is 0. The third-order valence-corrected chi connectivity index (χ3v) is 5.82. The minimum Gasteiger partial charge on any atom is -0.480 e. The number of benzene rings is 1. The second-order valence-electron chi connectivity index (χ2n) is 7.92. The summed E-state index contributed by atoms with van der Waals surface area (Å²) < 4.78 is 15.8. The summed E-state index contributed by atoms with van der Waals surface area (Å²) in [6, 6.07) is 9.49. The predicted molar refractivity (Wildman–Crippen MR) is 121 cm³/mol. The molecule has 1 atom stereocenters. The Morgan fingerprint density at radius 2 is 2.06 bits per heavy atom. The number of nitrogens with zero attached hydrogens (tertiary/aromatic N) is 3. The molecular formula is C23H26ClFN4O3. The number of rotatable bonds is 7. The van der Waals surface area contributed by atoms with Gasteiger partial charge in [0.15, 0.2) is 0 Å². The fourth-order valence-corrected chi connectivity index (χ4v) is 4.22. The van der Waals surface area contributed by atoms with Crippen molar-refractivity contribution in [3.05, 3.63) is 65.2 Å². The number of amides is 1. The topological polar surface area (TPSA) is 101 Å². The van der Waals surface area contributed by atoms with E-state index in [0.29, 0.717) is 32.5 Å². The van der Waals surface area contributed by atoms with Gasteiger partial charge in [0, 0.05) is 36.8 Å². The average Bonchev–Trinajstić information content (AvgIpc) is 3.06. The summed E-state index contributed by atoms with van der Waals surface area (Å²) in [5.74, 6) is -1.35. The highest BCUT2D eigenvalue weighted by Crippen LogP contribution is 2.31. The minimum atomic E-state index is -1.05. The van der Waals surface area contributed by atoms with Gasteiger partial charge in [-0.05, 0) is 54.7 Å². The van der Waals surface area contributed by atoms with E-state index in [4.69, 9.17) is 10.8 Å². The van der Waals surface area contributed by atoms with Crippen LogP contribution in [0, 0.1) is 5.82 Å². The highest BCUT2D eigenvalue weighted by molar-refractivity contribution is 5.85. The molecule has 7 nitrogen and oxygen atoms in total. The molecule has 0 saturated carbocycles. The lowest BCUT2D eigenvalue weighted by atomic mass is 10.0. The van der Waals surface area contributed by atoms with Crippen LogP contribution in [0.3, 0.4) is 0 Å². The van der Waals surface area contributed by atoms with Crippen molar-refractivity contribution in [3.8, 4) is 0 Å². The molecule has 0 radical (unpaired) electrons. The molecule has 1 aliphatic rings. The van der Waals surface area contributed by atoms with Gasteiger partial charge in [-0.3, -0.25) is 9.59 Å². The number of hydrogen-bond acceptors (Lipinski definition) is 4. The first-order valence-electron chi connectivity index (χ1n) is 10.4. The van der Waals surface area contributed by atoms with Crippen LogP contribution in [0.4, 0.5) is 4.39 Å². The molecule has 170 valence electrons. The van der Waals surface area contributed by atoms with Crippen LogP contribution in [-0.2, 0) is 29.1 Å². The Morgan fingerprint density at radius 1 is 1.25 bits per heavy atom. The van der Waals surface area contributed by atoms with Gasteiger partial charge in [0.1, 0.15) is 17.5 Å². The monoisotopic (exact) mass is 460 g/mol. The maximum atomic E-state index is 13.7. The van der Waals surface area contributed by atoms with Crippen molar-refractivity contribution in [3.63, 3.8) is 0 Å². The van der Waals surface area contributed by atoms with Gasteiger partial charge in [0.2, 0.25) is 5.91 Å². The summed E-state index contributed by atoms with van der Waals surface area (Å²) in [5.41, 5.74) is 9.38. The lowest BCUT2D eigenvalue weighted by Gasteiger charge is -2.29. The molecule has 0 fully saturated rings. The smallest absolute Gasteiger partial charge is 0.320 e. The Labute approximate surface area is 191 Å². The van der Waals surface area contributed by atoms with E-state index in [1.165, 1.54) is 17.7 Å². The molecule has 3 heterocycles. The molecule has 9 heteroatoms. The quantitative estimate of drug-likeness (QED) is 0.564. The number of pyridine rings is 1. The molecule has 3 N–H and O–H groups in total. The van der Waals surface area contributed by atoms with E-state index in [1.807, 2.05) is 18.2 Å². The SMILES string of the molecule is Cl.N[C@@H](CCCC(=O)N1CCc2c(n(Cc3cccc(F)c3)c3ncccc23)C1)C(=O)O. The molecule has 3 aromatic rings. The van der Waals surface area contributed by atoms with E-state index in [0.717, 1.165) is 22.3 Å². The van der Waals surface area contributed by atoms with Gasteiger partial charge in [0.05, 0.1) is 6.54 Å². The average molecular weight is 461 g/mol. The van der Waals surface area contributed by atoms with Gasteiger partial charge in [0.25, 0.3) is 0 Å². The molecule has 2 aromatic heterocycles. The fraction of sp³-hybridized carbons (Fsp3) is 0.348. The summed E-state index contributed by atoms with van der Waals surface area (Å²) in [6.45, 7) is 1.52. The number of halogens is 2. The van der Waals surface area contributed by atoms with Crippen molar-refractivity contribution < 1.29 is 19.1 Å². The Hall–Kier alpha value is -2.97. The van der Waals surface area contributed by atoms with Crippen LogP contribution in [-0.4, -0.2) is 44.0 Å². The lowest BCUT2D eigenvalue weighted by molar-refractivity contribution is -0.139. The second kappa shape index (κ2) is 10.1. The third-order valence-electron chi connectivity index (χ3n) is 5.82. The standard InChI is InChI=1S/C23H25FN4O3.ClH/c24-16-5-1-4-15(12-16)13-28-20-14-27(21(29)8-2-7-19(25)23(30)31)11-9-17(20)18-6-3-10-26-22(18)28;/h1,3-6,10,12,19H,2,7-9,11,13-14,25H2,(H,30,31);1H/t19-;/m0./s1. The van der Waals surface area contributed by atoms with Gasteiger partial charge >= 0.3 is 5.97 Å². The zero-order chi connectivity index (χ0) is 22.0. The van der Waals surface area contributed by atoms with Crippen LogP contribution >= 0.6 is 12.4 Å². The first kappa shape index (κ1) is 23.7. The number of carbonyl (C=O) groups excluding carboxylic acids is 1. The number of carbonyl (C=O) groups is 2. The summed E-state index contributed by atoms with van der Waals surface area (Å²) in [5, 5.41) is 9.95. The number of carboxylic acid groups (broad SMARTS) is 1. The molecule has 0 unspecified atom stereocenters. The van der Waals surface area contributed by atoms with E-state index >= 15 is 0 Å². The molecule has 4 rings (SSSR count). The first-order chi connectivity index (χ1) is 14.9. The van der Waals surface area contributed by atoms with Crippen molar-refractivity contribution in [2.24, 2.45) is 5.73 Å². The largest absolute Gasteiger partial charge is 0.480 e. The van der Waals surface area contributed by atoms with Gasteiger partial charge in [-0.15, -0.1) is 12.4 Å². The Bertz CT molecular complexity index is 1130. The number of aliphatic carboxylic acids is 1. The molecule has 0 spiro atoms. The zero-order valence-electron chi connectivity index (χ0n) is 17.5. The van der Waals surface area contributed by atoms with Crippen LogP contribution in [0.1, 0.15) is 36.1 Å². The molecule has 32 heavy (non-hydrogen) atoms. The van der Waals surface area contributed by atoms with E-state index < -0.39 is 12.0 Å². The zero-order valence-corrected chi connectivity index (χ0v) is 18.4. The number of carboxylic acids is 1. The summed E-state index contributed by atoms with van der Waals surface area (Å²) in [6.07, 6.45) is 3.42. The van der Waals surface area contributed by atoms with Crippen molar-refractivity contribution in [1.82, 2.24) is 14.5 Å². The fourth-order valence-electron chi connectivity index (χ4n) is 4.22. The van der Waals surface area contributed by atoms with Crippen LogP contribution in [0.5, 0.6) is 0 Å². The molecule has 1 amide bonds. The predicted octanol–water partition coefficient (Wildman–Crippen LogP) is 3.11. The Balaban J connectivity index is 0.00000289. The highest BCUT2D eigenvalue weighted by atomic mass is 35.5. The van der Waals surface area contributed by atoms with E-state index in [9.17, 15) is 14.0 Å². The van der Waals surface area contributed by atoms with Crippen molar-refractivity contribution in [2.45, 2.75) is 44.8 Å². The number of nitrogens with two attached hydrogens (primary N) is 1. The lowest BCUT2D eigenvalue weighted by Crippen LogP contribution is -2.37. The molecule has 0 saturated heterocycles. The first-order valence-corrected chi connectivity index (χ1v) is 10.4. The second-order valence-corrected chi connectivity index (χ2v) is 7.92. The summed E-state index contributed by atoms with van der Waals surface area (Å²) >= 11 is 0. The van der Waals surface area contributed by atoms with Gasteiger partial charge in [-0.2, -0.15) is 0 Å². The maximum Gasteiger partial charge on any atom is 0.320 e. The van der Waals surface area contributed by atoms with Gasteiger partial charge < -0.3 is 20.3 Å². The van der Waals surface area contributed by atoms with Crippen LogP contribution in [0.15, 0.2) is 42.6 Å². The highest BCUT2D eigenvalue weighted by Gasteiger charge is 2.27. The Morgan fingerprint density at radius 3 is 2.81 bits per heavy atom. The molecule has 1 aromatic carbocycles. The Kier molecular flexibility index (Phi) is 7.48. The van der Waals surface area contributed by atoms with Gasteiger partial charge in [-0.25, -0.2) is 9.37 Å². The summed E-state index contributed by atoms with van der Waals surface area (Å²) in [7, 11) is 0. The van der Waals surface area contributed by atoms with Crippen molar-refractivity contribution in [1.29, 1.82) is 0 Å². The molecule has 1 aliphatic heterocycles. The number of fused-ring (bicyclic) bond motifs is 3. The van der Waals surface area contributed by atoms with Gasteiger partial charge in [-0.1, -0.05) is 12.1 Å². The maximum absolute atomic E-state index is 13.7. The van der Waals surface area contributed by atoms with Crippen LogP contribution < -0.4 is 5.73 Å². The van der Waals surface area contributed by atoms with E-state index in [-0.39, 0.29) is 37.0 Å². The van der Waals surface area contributed by atoms with Crippen molar-refractivity contribution in [2.75, 3.05) is 6.54 Å². The molecule has 0 bridgehead atoms. The van der Waals surface area contributed by atoms with Crippen LogP contribution in [0.2, 0.25) is 0 Å². The third kappa shape index (κ3) is 4.92. The molecule has 0 aliphatic carbocycles. The summed E-state index contributed by atoms with van der Waals surface area (Å²) in [4.78, 5) is 30.0. The molecular weight excluding hydrogens is 435 g/mol. The van der Waals surface area contributed by atoms with Crippen molar-refractivity contribution >= 4 is 35.3 Å².